The summed E-state index contributed by atoms with van der Waals surface area (Å²) in [5.41, 5.74) is 1.25. The molecule has 1 unspecified atom stereocenters. The van der Waals surface area contributed by atoms with Gasteiger partial charge in [-0.05, 0) is 17.7 Å². The molecule has 1 aliphatic rings. The molecule has 0 aromatic heterocycles. The molecular weight excluding hydrogens is 280 g/mol. The first-order valence-corrected chi connectivity index (χ1v) is 8.20. The Morgan fingerprint density at radius 1 is 1.26 bits per heavy atom. The number of hydrogen-bond acceptors (Lipinski definition) is 4. The summed E-state index contributed by atoms with van der Waals surface area (Å²) < 4.78 is 0. The molecule has 1 aromatic rings. The monoisotopic (exact) mass is 300 g/mol. The molecular formula is C14H21ClN2OS. The molecule has 0 bridgehead atoms. The molecule has 0 spiro atoms. The van der Waals surface area contributed by atoms with Gasteiger partial charge in [-0.1, -0.05) is 23.7 Å². The second kappa shape index (κ2) is 8.12. The van der Waals surface area contributed by atoms with Gasteiger partial charge in [0.2, 0.25) is 0 Å². The molecule has 1 aromatic carbocycles. The first kappa shape index (κ1) is 15.1. The largest absolute Gasteiger partial charge is 0.391 e. The summed E-state index contributed by atoms with van der Waals surface area (Å²) in [6, 6.07) is 7.90. The van der Waals surface area contributed by atoms with Gasteiger partial charge < -0.3 is 10.4 Å². The van der Waals surface area contributed by atoms with E-state index in [9.17, 15) is 5.11 Å². The maximum Gasteiger partial charge on any atom is 0.0757 e. The van der Waals surface area contributed by atoms with E-state index in [4.69, 9.17) is 11.6 Å². The van der Waals surface area contributed by atoms with E-state index in [0.29, 0.717) is 0 Å². The molecule has 1 saturated heterocycles. The number of nitrogens with one attached hydrogen (secondary N) is 1. The van der Waals surface area contributed by atoms with E-state index >= 15 is 0 Å². The van der Waals surface area contributed by atoms with Crippen LogP contribution in [0.5, 0.6) is 0 Å². The Bertz CT molecular complexity index is 368. The van der Waals surface area contributed by atoms with E-state index in [0.717, 1.165) is 49.3 Å². The molecule has 1 atom stereocenters. The fourth-order valence-electron chi connectivity index (χ4n) is 2.14. The van der Waals surface area contributed by atoms with Gasteiger partial charge in [-0.3, -0.25) is 4.90 Å². The van der Waals surface area contributed by atoms with Crippen molar-refractivity contribution in [3.8, 4) is 0 Å². The molecule has 19 heavy (non-hydrogen) atoms. The maximum atomic E-state index is 10.0. The van der Waals surface area contributed by atoms with Crippen molar-refractivity contribution in [3.63, 3.8) is 0 Å². The highest BCUT2D eigenvalue weighted by Gasteiger charge is 2.14. The minimum absolute atomic E-state index is 0.240. The normalized spacial score (nSPS) is 18.4. The van der Waals surface area contributed by atoms with Crippen LogP contribution in [0.15, 0.2) is 24.3 Å². The predicted octanol–water partition coefficient (Wildman–Crippen LogP) is 1.84. The van der Waals surface area contributed by atoms with E-state index in [1.54, 1.807) is 11.8 Å². The summed E-state index contributed by atoms with van der Waals surface area (Å²) in [6.07, 6.45) is -0.240. The van der Waals surface area contributed by atoms with E-state index < -0.39 is 0 Å². The smallest absolute Gasteiger partial charge is 0.0757 e. The van der Waals surface area contributed by atoms with Gasteiger partial charge in [0.15, 0.2) is 0 Å². The number of hydrogen-bond donors (Lipinski definition) is 2. The van der Waals surface area contributed by atoms with Crippen LogP contribution in [0.4, 0.5) is 0 Å². The summed E-state index contributed by atoms with van der Waals surface area (Å²) in [6.45, 7) is 4.93. The fraction of sp³-hybridized carbons (Fsp3) is 0.571. The molecule has 0 radical (unpaired) electrons. The Morgan fingerprint density at radius 3 is 2.63 bits per heavy atom. The quantitative estimate of drug-likeness (QED) is 0.840. The van der Waals surface area contributed by atoms with Gasteiger partial charge in [0.05, 0.1) is 6.10 Å². The number of thioether (sulfide) groups is 1. The van der Waals surface area contributed by atoms with Crippen LogP contribution < -0.4 is 5.32 Å². The van der Waals surface area contributed by atoms with Gasteiger partial charge in [0, 0.05) is 49.3 Å². The molecule has 5 heteroatoms. The Morgan fingerprint density at radius 2 is 1.95 bits per heavy atom. The topological polar surface area (TPSA) is 35.5 Å². The molecule has 1 heterocycles. The molecule has 1 aliphatic heterocycles. The van der Waals surface area contributed by atoms with Crippen LogP contribution >= 0.6 is 23.4 Å². The number of aliphatic hydroxyl groups is 1. The fourth-order valence-corrected chi connectivity index (χ4v) is 3.19. The minimum Gasteiger partial charge on any atom is -0.391 e. The lowest BCUT2D eigenvalue weighted by Gasteiger charge is -2.28. The zero-order chi connectivity index (χ0) is 13.5. The van der Waals surface area contributed by atoms with E-state index in [1.165, 1.54) is 5.56 Å². The van der Waals surface area contributed by atoms with Crippen LogP contribution in [0.25, 0.3) is 0 Å². The van der Waals surface area contributed by atoms with Gasteiger partial charge in [-0.25, -0.2) is 0 Å². The molecule has 0 amide bonds. The molecule has 0 saturated carbocycles. The van der Waals surface area contributed by atoms with Crippen LogP contribution in [0.3, 0.4) is 0 Å². The molecule has 0 aliphatic carbocycles. The Kier molecular flexibility index (Phi) is 6.47. The Hall–Kier alpha value is -0.260. The van der Waals surface area contributed by atoms with Gasteiger partial charge >= 0.3 is 0 Å². The average molecular weight is 301 g/mol. The van der Waals surface area contributed by atoms with Crippen LogP contribution in [0.1, 0.15) is 5.56 Å². The van der Waals surface area contributed by atoms with Crippen molar-refractivity contribution in [2.24, 2.45) is 0 Å². The zero-order valence-electron chi connectivity index (χ0n) is 11.0. The van der Waals surface area contributed by atoms with Crippen molar-refractivity contribution in [1.29, 1.82) is 0 Å². The van der Waals surface area contributed by atoms with Gasteiger partial charge in [-0.15, -0.1) is 0 Å². The number of benzene rings is 1. The second-order valence-electron chi connectivity index (χ2n) is 4.85. The summed E-state index contributed by atoms with van der Waals surface area (Å²) in [4.78, 5) is 2.32. The highest BCUT2D eigenvalue weighted by atomic mass is 35.5. The average Bonchev–Trinajstić information content (AvgIpc) is 2.42. The van der Waals surface area contributed by atoms with Crippen LogP contribution in [-0.4, -0.2) is 54.6 Å². The summed E-state index contributed by atoms with van der Waals surface area (Å²) >= 11 is 7.62. The highest BCUT2D eigenvalue weighted by molar-refractivity contribution is 7.98. The van der Waals surface area contributed by atoms with E-state index in [1.807, 2.05) is 24.3 Å². The lowest BCUT2D eigenvalue weighted by atomic mass is 10.2. The zero-order valence-corrected chi connectivity index (χ0v) is 12.6. The van der Waals surface area contributed by atoms with E-state index in [2.05, 4.69) is 10.2 Å². The van der Waals surface area contributed by atoms with Crippen molar-refractivity contribution in [2.45, 2.75) is 11.9 Å². The summed E-state index contributed by atoms with van der Waals surface area (Å²) in [5, 5.41) is 14.1. The van der Waals surface area contributed by atoms with E-state index in [-0.39, 0.29) is 6.10 Å². The Balaban J connectivity index is 1.63. The van der Waals surface area contributed by atoms with Gasteiger partial charge in [-0.2, -0.15) is 11.8 Å². The number of nitrogens with zero attached hydrogens (tertiary/aromatic N) is 1. The van der Waals surface area contributed by atoms with Crippen molar-refractivity contribution in [1.82, 2.24) is 10.2 Å². The van der Waals surface area contributed by atoms with Crippen molar-refractivity contribution >= 4 is 23.4 Å². The third-order valence-corrected chi connectivity index (χ3v) is 4.58. The Labute approximate surface area is 124 Å². The second-order valence-corrected chi connectivity index (χ2v) is 6.31. The summed E-state index contributed by atoms with van der Waals surface area (Å²) in [5.74, 6) is 1.71. The molecule has 2 N–H and O–H groups in total. The number of aliphatic hydroxyl groups excluding tert-OH is 1. The van der Waals surface area contributed by atoms with Crippen LogP contribution in [-0.2, 0) is 5.75 Å². The molecule has 3 nitrogen and oxygen atoms in total. The maximum absolute atomic E-state index is 10.0. The first-order valence-electron chi connectivity index (χ1n) is 6.67. The number of rotatable bonds is 6. The summed E-state index contributed by atoms with van der Waals surface area (Å²) in [7, 11) is 0. The third kappa shape index (κ3) is 5.71. The lowest BCUT2D eigenvalue weighted by molar-refractivity contribution is 0.121. The third-order valence-electron chi connectivity index (χ3n) is 3.17. The molecule has 1 fully saturated rings. The standard InChI is InChI=1S/C14H21ClN2OS/c15-13-3-1-12(2-4-13)10-19-11-14(18)9-17-7-5-16-6-8-17/h1-4,14,16,18H,5-11H2. The van der Waals surface area contributed by atoms with Gasteiger partial charge in [0.1, 0.15) is 0 Å². The lowest BCUT2D eigenvalue weighted by Crippen LogP contribution is -2.46. The number of piperazine rings is 1. The number of halogens is 1. The molecule has 106 valence electrons. The first-order chi connectivity index (χ1) is 9.24. The van der Waals surface area contributed by atoms with Crippen molar-refractivity contribution in [2.75, 3.05) is 38.5 Å². The SMILES string of the molecule is OC(CSCc1ccc(Cl)cc1)CN1CCNCC1. The van der Waals surface area contributed by atoms with Crippen LogP contribution in [0.2, 0.25) is 5.02 Å². The van der Waals surface area contributed by atoms with Crippen molar-refractivity contribution < 1.29 is 5.11 Å². The molecule has 2 rings (SSSR count). The van der Waals surface area contributed by atoms with Crippen molar-refractivity contribution in [3.05, 3.63) is 34.9 Å². The minimum atomic E-state index is -0.240. The highest BCUT2D eigenvalue weighted by Crippen LogP contribution is 2.16. The van der Waals surface area contributed by atoms with Crippen LogP contribution in [0, 0.1) is 0 Å². The predicted molar refractivity (Wildman–Crippen MR) is 82.9 cm³/mol. The number of β-amino-alcohol motifs (C(OH)–C–C–N with tert-alkyl or cyclic N) is 1. The van der Waals surface area contributed by atoms with Gasteiger partial charge in [0.25, 0.3) is 0 Å².